The number of hydrogen-bond donors (Lipinski definition) is 0. The van der Waals surface area contributed by atoms with Crippen LogP contribution in [0.15, 0.2) is 59.0 Å². The highest BCUT2D eigenvalue weighted by Crippen LogP contribution is 2.25. The van der Waals surface area contributed by atoms with Crippen LogP contribution in [0.4, 0.5) is 5.69 Å². The van der Waals surface area contributed by atoms with Crippen molar-refractivity contribution in [3.05, 3.63) is 76.2 Å². The van der Waals surface area contributed by atoms with Gasteiger partial charge in [-0.25, -0.2) is 4.79 Å². The lowest BCUT2D eigenvalue weighted by atomic mass is 10.2. The molecular formula is C21H19N3O6. The molecule has 0 saturated carbocycles. The first-order valence-corrected chi connectivity index (χ1v) is 9.16. The second-order valence-electron chi connectivity index (χ2n) is 6.13. The highest BCUT2D eigenvalue weighted by atomic mass is 16.6. The lowest BCUT2D eigenvalue weighted by Crippen LogP contribution is -2.06. The van der Waals surface area contributed by atoms with Gasteiger partial charge in [0.15, 0.2) is 6.10 Å². The van der Waals surface area contributed by atoms with Gasteiger partial charge in [-0.3, -0.25) is 10.1 Å². The summed E-state index contributed by atoms with van der Waals surface area (Å²) in [6, 6.07) is 13.0. The van der Waals surface area contributed by atoms with Crippen LogP contribution in [0.3, 0.4) is 0 Å². The molecule has 1 heterocycles. The minimum absolute atomic E-state index is 0.0431. The van der Waals surface area contributed by atoms with E-state index in [-0.39, 0.29) is 17.5 Å². The van der Waals surface area contributed by atoms with E-state index in [0.29, 0.717) is 17.9 Å². The summed E-state index contributed by atoms with van der Waals surface area (Å²) >= 11 is 0. The van der Waals surface area contributed by atoms with Gasteiger partial charge in [-0.1, -0.05) is 18.2 Å². The van der Waals surface area contributed by atoms with Crippen molar-refractivity contribution in [3.8, 4) is 17.2 Å². The van der Waals surface area contributed by atoms with Crippen molar-refractivity contribution in [2.75, 3.05) is 6.61 Å². The highest BCUT2D eigenvalue weighted by Gasteiger charge is 2.18. The van der Waals surface area contributed by atoms with Crippen molar-refractivity contribution in [2.45, 2.75) is 20.0 Å². The Morgan fingerprint density at radius 3 is 2.63 bits per heavy atom. The van der Waals surface area contributed by atoms with Gasteiger partial charge in [0.25, 0.3) is 11.6 Å². The summed E-state index contributed by atoms with van der Waals surface area (Å²) in [6.45, 7) is 4.00. The molecule has 2 aromatic carbocycles. The Hall–Kier alpha value is -4.01. The van der Waals surface area contributed by atoms with Crippen molar-refractivity contribution in [1.82, 2.24) is 10.2 Å². The third-order valence-electron chi connectivity index (χ3n) is 4.02. The summed E-state index contributed by atoms with van der Waals surface area (Å²) in [5, 5.41) is 18.5. The Morgan fingerprint density at radius 2 is 1.93 bits per heavy atom. The van der Waals surface area contributed by atoms with Gasteiger partial charge in [0.05, 0.1) is 11.5 Å². The number of nitro groups is 1. The number of non-ortho nitro benzene ring substituents is 1. The third-order valence-corrected chi connectivity index (χ3v) is 4.02. The number of nitrogens with zero attached hydrogens (tertiary/aromatic N) is 3. The lowest BCUT2D eigenvalue weighted by molar-refractivity contribution is -0.384. The number of benzene rings is 2. The summed E-state index contributed by atoms with van der Waals surface area (Å²) < 4.78 is 16.3. The molecule has 0 fully saturated rings. The van der Waals surface area contributed by atoms with Gasteiger partial charge in [-0.2, -0.15) is 0 Å². The molecule has 0 aliphatic heterocycles. The molecule has 0 aliphatic carbocycles. The molecule has 9 heteroatoms. The number of esters is 1. The molecule has 0 spiro atoms. The molecule has 30 heavy (non-hydrogen) atoms. The van der Waals surface area contributed by atoms with Crippen LogP contribution in [-0.2, 0) is 9.53 Å². The molecule has 0 bridgehead atoms. The van der Waals surface area contributed by atoms with E-state index in [0.717, 1.165) is 5.56 Å². The van der Waals surface area contributed by atoms with Crippen LogP contribution in [0.1, 0.15) is 31.4 Å². The quantitative estimate of drug-likeness (QED) is 0.233. The minimum atomic E-state index is -0.774. The number of carbonyl (C=O) groups is 1. The number of nitro benzene ring substituents is 1. The monoisotopic (exact) mass is 409 g/mol. The van der Waals surface area contributed by atoms with E-state index in [1.54, 1.807) is 13.0 Å². The van der Waals surface area contributed by atoms with E-state index >= 15 is 0 Å². The number of carbonyl (C=O) groups excluding carboxylic acids is 1. The Balaban J connectivity index is 1.64. The number of hydrogen-bond acceptors (Lipinski definition) is 8. The Morgan fingerprint density at radius 1 is 1.20 bits per heavy atom. The SMILES string of the molecule is CCOc1ccccc1/C=C/C(=O)O[C@H](C)c1nnc(-c2ccc([N+](=O)[O-])cc2)o1. The van der Waals surface area contributed by atoms with E-state index in [4.69, 9.17) is 13.9 Å². The standard InChI is InChI=1S/C21H19N3O6/c1-3-28-18-7-5-4-6-15(18)10-13-19(25)29-14(2)20-22-23-21(30-20)16-8-11-17(12-9-16)24(26)27/h4-14H,3H2,1-2H3/b13-10+/t14-/m1/s1. The number of rotatable bonds is 8. The van der Waals surface area contributed by atoms with Crippen LogP contribution in [0.25, 0.3) is 17.5 Å². The summed E-state index contributed by atoms with van der Waals surface area (Å²) in [6.07, 6.45) is 2.13. The van der Waals surface area contributed by atoms with E-state index < -0.39 is 17.0 Å². The summed E-state index contributed by atoms with van der Waals surface area (Å²) in [7, 11) is 0. The number of ether oxygens (including phenoxy) is 2. The van der Waals surface area contributed by atoms with Gasteiger partial charge in [-0.15, -0.1) is 10.2 Å². The Kier molecular flexibility index (Phi) is 6.53. The van der Waals surface area contributed by atoms with E-state index in [9.17, 15) is 14.9 Å². The van der Waals surface area contributed by atoms with E-state index in [1.165, 1.54) is 30.3 Å². The lowest BCUT2D eigenvalue weighted by Gasteiger charge is -2.08. The molecular weight excluding hydrogens is 390 g/mol. The molecule has 3 rings (SSSR count). The van der Waals surface area contributed by atoms with Crippen LogP contribution in [0.5, 0.6) is 5.75 Å². The molecule has 0 aliphatic rings. The zero-order valence-electron chi connectivity index (χ0n) is 16.3. The normalized spacial score (nSPS) is 11.9. The van der Waals surface area contributed by atoms with Crippen LogP contribution in [0, 0.1) is 10.1 Å². The third kappa shape index (κ3) is 5.07. The first kappa shape index (κ1) is 20.7. The van der Waals surface area contributed by atoms with Gasteiger partial charge in [0.2, 0.25) is 5.89 Å². The molecule has 0 N–H and O–H groups in total. The Bertz CT molecular complexity index is 1060. The molecule has 1 atom stereocenters. The minimum Gasteiger partial charge on any atom is -0.493 e. The number of aromatic nitrogens is 2. The fourth-order valence-electron chi connectivity index (χ4n) is 2.57. The average Bonchev–Trinajstić information content (AvgIpc) is 3.24. The molecule has 0 unspecified atom stereocenters. The predicted octanol–water partition coefficient (Wildman–Crippen LogP) is 4.36. The van der Waals surface area contributed by atoms with E-state index in [2.05, 4.69) is 10.2 Å². The predicted molar refractivity (Wildman–Crippen MR) is 108 cm³/mol. The molecule has 3 aromatic rings. The second-order valence-corrected chi connectivity index (χ2v) is 6.13. The van der Waals surface area contributed by atoms with Crippen molar-refractivity contribution >= 4 is 17.7 Å². The highest BCUT2D eigenvalue weighted by molar-refractivity contribution is 5.87. The fraction of sp³-hybridized carbons (Fsp3) is 0.190. The maximum Gasteiger partial charge on any atom is 0.331 e. The summed E-state index contributed by atoms with van der Waals surface area (Å²) in [5.74, 6) is 0.370. The van der Waals surface area contributed by atoms with Gasteiger partial charge >= 0.3 is 5.97 Å². The van der Waals surface area contributed by atoms with Crippen LogP contribution in [-0.4, -0.2) is 27.7 Å². The van der Waals surface area contributed by atoms with Crippen molar-refractivity contribution in [1.29, 1.82) is 0 Å². The van der Waals surface area contributed by atoms with Crippen molar-refractivity contribution in [2.24, 2.45) is 0 Å². The summed E-state index contributed by atoms with van der Waals surface area (Å²) in [5.41, 5.74) is 1.23. The molecule has 0 radical (unpaired) electrons. The maximum absolute atomic E-state index is 12.1. The van der Waals surface area contributed by atoms with Gasteiger partial charge in [0.1, 0.15) is 5.75 Å². The first-order valence-electron chi connectivity index (χ1n) is 9.16. The van der Waals surface area contributed by atoms with Crippen molar-refractivity contribution in [3.63, 3.8) is 0 Å². The topological polar surface area (TPSA) is 118 Å². The smallest absolute Gasteiger partial charge is 0.331 e. The second kappa shape index (κ2) is 9.46. The molecule has 1 aromatic heterocycles. The Labute approximate surface area is 172 Å². The molecule has 9 nitrogen and oxygen atoms in total. The summed E-state index contributed by atoms with van der Waals surface area (Å²) in [4.78, 5) is 22.4. The van der Waals surface area contributed by atoms with Gasteiger partial charge in [-0.05, 0) is 38.1 Å². The van der Waals surface area contributed by atoms with Crippen LogP contribution >= 0.6 is 0 Å². The van der Waals surface area contributed by atoms with Gasteiger partial charge in [0, 0.05) is 29.3 Å². The van der Waals surface area contributed by atoms with Crippen LogP contribution < -0.4 is 4.74 Å². The maximum atomic E-state index is 12.1. The first-order chi connectivity index (χ1) is 14.5. The zero-order chi connectivity index (χ0) is 21.5. The van der Waals surface area contributed by atoms with E-state index in [1.807, 2.05) is 31.2 Å². The largest absolute Gasteiger partial charge is 0.493 e. The average molecular weight is 409 g/mol. The molecule has 154 valence electrons. The molecule has 0 saturated heterocycles. The van der Waals surface area contributed by atoms with Crippen molar-refractivity contribution < 1.29 is 23.6 Å². The van der Waals surface area contributed by atoms with Crippen LogP contribution in [0.2, 0.25) is 0 Å². The van der Waals surface area contributed by atoms with Gasteiger partial charge < -0.3 is 13.9 Å². The molecule has 0 amide bonds. The fourth-order valence-corrected chi connectivity index (χ4v) is 2.57. The number of para-hydroxylation sites is 1. The zero-order valence-corrected chi connectivity index (χ0v) is 16.3.